The van der Waals surface area contributed by atoms with Gasteiger partial charge in [0.15, 0.2) is 6.04 Å². The van der Waals surface area contributed by atoms with Gasteiger partial charge < -0.3 is 21.1 Å². The van der Waals surface area contributed by atoms with Gasteiger partial charge in [-0.25, -0.2) is 9.59 Å². The molecule has 4 N–H and O–H groups in total. The molecule has 1 rings (SSSR count). The summed E-state index contributed by atoms with van der Waals surface area (Å²) < 4.78 is 0. The van der Waals surface area contributed by atoms with E-state index >= 15 is 0 Å². The van der Waals surface area contributed by atoms with Gasteiger partial charge in [0.1, 0.15) is 0 Å². The topological polar surface area (TPSA) is 108 Å². The predicted molar refractivity (Wildman–Crippen MR) is 72.0 cm³/mol. The van der Waals surface area contributed by atoms with Crippen molar-refractivity contribution in [1.29, 1.82) is 0 Å². The summed E-state index contributed by atoms with van der Waals surface area (Å²) in [5.74, 6) is -1.36. The average Bonchev–Trinajstić information content (AvgIpc) is 2.45. The van der Waals surface area contributed by atoms with E-state index in [-0.39, 0.29) is 18.9 Å². The second kappa shape index (κ2) is 7.78. The molecule has 0 aromatic heterocycles. The monoisotopic (exact) mass is 279 g/mol. The summed E-state index contributed by atoms with van der Waals surface area (Å²) in [6.07, 6.45) is 0.132. The number of carboxylic acids is 1. The van der Waals surface area contributed by atoms with Gasteiger partial charge in [-0.15, -0.1) is 0 Å². The number of rotatable bonds is 6. The number of carboxylic acid groups (broad SMARTS) is 1. The highest BCUT2D eigenvalue weighted by molar-refractivity contribution is 5.84. The first kappa shape index (κ1) is 15.5. The van der Waals surface area contributed by atoms with E-state index in [0.29, 0.717) is 5.56 Å². The summed E-state index contributed by atoms with van der Waals surface area (Å²) in [6, 6.07) is 6.60. The zero-order valence-electron chi connectivity index (χ0n) is 11.1. The summed E-state index contributed by atoms with van der Waals surface area (Å²) in [7, 11) is 1.50. The van der Waals surface area contributed by atoms with Gasteiger partial charge in [-0.05, 0) is 5.56 Å². The molecule has 0 fully saturated rings. The summed E-state index contributed by atoms with van der Waals surface area (Å²) >= 11 is 0. The van der Waals surface area contributed by atoms with Gasteiger partial charge in [0, 0.05) is 20.0 Å². The molecule has 0 spiro atoms. The van der Waals surface area contributed by atoms with Gasteiger partial charge in [-0.1, -0.05) is 30.3 Å². The second-order valence-corrected chi connectivity index (χ2v) is 4.01. The minimum Gasteiger partial charge on any atom is -0.479 e. The summed E-state index contributed by atoms with van der Waals surface area (Å²) in [5, 5.41) is 16.3. The van der Waals surface area contributed by atoms with Crippen LogP contribution in [0.4, 0.5) is 4.79 Å². The molecular formula is C13H17N3O4. The van der Waals surface area contributed by atoms with Crippen LogP contribution in [0.1, 0.15) is 18.0 Å². The minimum atomic E-state index is -1.15. The Bertz CT molecular complexity index is 476. The molecule has 0 aliphatic carbocycles. The number of nitrogens with one attached hydrogen (secondary N) is 3. The number of benzene rings is 1. The van der Waals surface area contributed by atoms with Crippen molar-refractivity contribution in [3.8, 4) is 0 Å². The van der Waals surface area contributed by atoms with E-state index in [9.17, 15) is 14.4 Å². The molecule has 0 aliphatic rings. The van der Waals surface area contributed by atoms with Gasteiger partial charge >= 0.3 is 12.0 Å². The van der Waals surface area contributed by atoms with Crippen LogP contribution in [0.3, 0.4) is 0 Å². The third-order valence-corrected chi connectivity index (χ3v) is 2.57. The summed E-state index contributed by atoms with van der Waals surface area (Å²) in [6.45, 7) is 0.132. The molecule has 1 aromatic carbocycles. The van der Waals surface area contributed by atoms with Crippen LogP contribution in [-0.4, -0.2) is 36.6 Å². The van der Waals surface area contributed by atoms with Crippen LogP contribution in [0.25, 0.3) is 0 Å². The largest absolute Gasteiger partial charge is 0.479 e. The molecule has 1 aromatic rings. The van der Waals surface area contributed by atoms with Gasteiger partial charge in [0.25, 0.3) is 0 Å². The highest BCUT2D eigenvalue weighted by atomic mass is 16.4. The van der Waals surface area contributed by atoms with Crippen LogP contribution >= 0.6 is 0 Å². The van der Waals surface area contributed by atoms with E-state index in [1.54, 1.807) is 30.3 Å². The number of carbonyl (C=O) groups excluding carboxylic acids is 2. The third-order valence-electron chi connectivity index (χ3n) is 2.57. The SMILES string of the molecule is CNC(=O)CCNC(=O)N[C@@H](C(=O)O)c1ccccc1. The molecular weight excluding hydrogens is 262 g/mol. The number of aliphatic carboxylic acids is 1. The second-order valence-electron chi connectivity index (χ2n) is 4.01. The maximum Gasteiger partial charge on any atom is 0.330 e. The summed E-state index contributed by atoms with van der Waals surface area (Å²) in [5.41, 5.74) is 0.474. The number of amides is 3. The van der Waals surface area contributed by atoms with E-state index in [1.807, 2.05) is 0 Å². The molecule has 1 atom stereocenters. The van der Waals surface area contributed by atoms with Crippen LogP contribution in [0.15, 0.2) is 30.3 Å². The van der Waals surface area contributed by atoms with E-state index < -0.39 is 18.0 Å². The molecule has 0 unspecified atom stereocenters. The molecule has 108 valence electrons. The molecule has 20 heavy (non-hydrogen) atoms. The molecule has 7 nitrogen and oxygen atoms in total. The fraction of sp³-hybridized carbons (Fsp3) is 0.308. The molecule has 3 amide bonds. The highest BCUT2D eigenvalue weighted by Crippen LogP contribution is 2.12. The van der Waals surface area contributed by atoms with Crippen LogP contribution in [0, 0.1) is 0 Å². The number of hydrogen-bond acceptors (Lipinski definition) is 3. The lowest BCUT2D eigenvalue weighted by Gasteiger charge is -2.15. The van der Waals surface area contributed by atoms with Gasteiger partial charge in [0.2, 0.25) is 5.91 Å². The Kier molecular flexibility index (Phi) is 6.02. The van der Waals surface area contributed by atoms with Crippen molar-refractivity contribution in [2.45, 2.75) is 12.5 Å². The maximum absolute atomic E-state index is 11.6. The highest BCUT2D eigenvalue weighted by Gasteiger charge is 2.21. The van der Waals surface area contributed by atoms with Crippen molar-refractivity contribution in [3.63, 3.8) is 0 Å². The van der Waals surface area contributed by atoms with Gasteiger partial charge in [-0.2, -0.15) is 0 Å². The number of urea groups is 1. The van der Waals surface area contributed by atoms with Crippen molar-refractivity contribution >= 4 is 17.9 Å². The van der Waals surface area contributed by atoms with Crippen molar-refractivity contribution in [1.82, 2.24) is 16.0 Å². The van der Waals surface area contributed by atoms with Crippen LogP contribution < -0.4 is 16.0 Å². The normalized spacial score (nSPS) is 11.2. The lowest BCUT2D eigenvalue weighted by Crippen LogP contribution is -2.42. The Morgan fingerprint density at radius 3 is 2.40 bits per heavy atom. The smallest absolute Gasteiger partial charge is 0.330 e. The Morgan fingerprint density at radius 2 is 1.85 bits per heavy atom. The fourth-order valence-electron chi connectivity index (χ4n) is 1.53. The quantitative estimate of drug-likeness (QED) is 0.598. The number of hydrogen-bond donors (Lipinski definition) is 4. The Labute approximate surface area is 116 Å². The molecule has 0 radical (unpaired) electrons. The van der Waals surface area contributed by atoms with E-state index in [4.69, 9.17) is 5.11 Å². The van der Waals surface area contributed by atoms with Crippen LogP contribution in [0.5, 0.6) is 0 Å². The molecule has 0 heterocycles. The molecule has 0 bridgehead atoms. The third kappa shape index (κ3) is 4.97. The zero-order chi connectivity index (χ0) is 15.0. The lowest BCUT2D eigenvalue weighted by atomic mass is 10.1. The number of carbonyl (C=O) groups is 3. The molecule has 7 heteroatoms. The Balaban J connectivity index is 2.53. The van der Waals surface area contributed by atoms with Gasteiger partial charge in [0.05, 0.1) is 0 Å². The van der Waals surface area contributed by atoms with Gasteiger partial charge in [-0.3, -0.25) is 4.79 Å². The van der Waals surface area contributed by atoms with Crippen LogP contribution in [0.2, 0.25) is 0 Å². The standard InChI is InChI=1S/C13H17N3O4/c1-14-10(17)7-8-15-13(20)16-11(12(18)19)9-5-3-2-4-6-9/h2-6,11H,7-8H2,1H3,(H,14,17)(H,18,19)(H2,15,16,20)/t11-/m1/s1. The van der Waals surface area contributed by atoms with Crippen molar-refractivity contribution < 1.29 is 19.5 Å². The van der Waals surface area contributed by atoms with Crippen molar-refractivity contribution in [2.24, 2.45) is 0 Å². The predicted octanol–water partition coefficient (Wildman–Crippen LogP) is 0.248. The first-order valence-corrected chi connectivity index (χ1v) is 6.07. The lowest BCUT2D eigenvalue weighted by molar-refractivity contribution is -0.139. The molecule has 0 saturated heterocycles. The van der Waals surface area contributed by atoms with E-state index in [0.717, 1.165) is 0 Å². The van der Waals surface area contributed by atoms with E-state index in [2.05, 4.69) is 16.0 Å². The maximum atomic E-state index is 11.6. The Morgan fingerprint density at radius 1 is 1.20 bits per heavy atom. The average molecular weight is 279 g/mol. The summed E-state index contributed by atoms with van der Waals surface area (Å²) in [4.78, 5) is 33.7. The first-order valence-electron chi connectivity index (χ1n) is 6.07. The van der Waals surface area contributed by atoms with Crippen LogP contribution in [-0.2, 0) is 9.59 Å². The Hall–Kier alpha value is -2.57. The first-order chi connectivity index (χ1) is 9.54. The molecule has 0 aliphatic heterocycles. The fourth-order valence-corrected chi connectivity index (χ4v) is 1.53. The van der Waals surface area contributed by atoms with Crippen molar-refractivity contribution in [2.75, 3.05) is 13.6 Å². The van der Waals surface area contributed by atoms with E-state index in [1.165, 1.54) is 7.05 Å². The van der Waals surface area contributed by atoms with Crippen molar-refractivity contribution in [3.05, 3.63) is 35.9 Å². The molecule has 0 saturated carbocycles. The zero-order valence-corrected chi connectivity index (χ0v) is 11.1. The minimum absolute atomic E-state index is 0.132.